The number of hydrogen-bond donors (Lipinski definition) is 1. The molecule has 0 aliphatic heterocycles. The zero-order valence-electron chi connectivity index (χ0n) is 11.6. The minimum Gasteiger partial charge on any atom is -0.491 e. The lowest BCUT2D eigenvalue weighted by Gasteiger charge is -2.11. The topological polar surface area (TPSA) is 51.5 Å². The Balaban J connectivity index is 2.52. The number of benzene rings is 1. The number of aryl methyl sites for hydroxylation is 1. The fraction of sp³-hybridized carbons (Fsp3) is 0.267. The molecule has 0 unspecified atom stereocenters. The van der Waals surface area contributed by atoms with Crippen molar-refractivity contribution < 1.29 is 19.0 Å². The second-order valence-corrected chi connectivity index (χ2v) is 4.47. The molecule has 0 aliphatic carbocycles. The maximum atomic E-state index is 13.9. The monoisotopic (exact) mass is 277 g/mol. The Labute approximate surface area is 116 Å². The lowest BCUT2D eigenvalue weighted by atomic mass is 10.2. The van der Waals surface area contributed by atoms with Crippen molar-refractivity contribution in [2.45, 2.75) is 20.8 Å². The number of ether oxygens (including phenoxy) is 1. The van der Waals surface area contributed by atoms with Gasteiger partial charge >= 0.3 is 5.97 Å². The minimum atomic E-state index is -0.990. The first-order valence-electron chi connectivity index (χ1n) is 6.30. The van der Waals surface area contributed by atoms with Crippen molar-refractivity contribution in [1.29, 1.82) is 0 Å². The molecule has 0 fully saturated rings. The number of carboxylic acid groups (broad SMARTS) is 1. The SMILES string of the molecule is CCOc1ccc(-n2c(C)cc(C(=O)O)c2C)cc1F. The third-order valence-corrected chi connectivity index (χ3v) is 3.14. The summed E-state index contributed by atoms with van der Waals surface area (Å²) in [4.78, 5) is 11.1. The van der Waals surface area contributed by atoms with E-state index < -0.39 is 11.8 Å². The van der Waals surface area contributed by atoms with E-state index in [1.807, 2.05) is 0 Å². The number of halogens is 1. The first kappa shape index (κ1) is 14.1. The van der Waals surface area contributed by atoms with Crippen molar-refractivity contribution in [2.24, 2.45) is 0 Å². The van der Waals surface area contributed by atoms with Gasteiger partial charge < -0.3 is 14.4 Å². The Hall–Kier alpha value is -2.30. The summed E-state index contributed by atoms with van der Waals surface area (Å²) in [6.07, 6.45) is 0. The van der Waals surface area contributed by atoms with Gasteiger partial charge in [0.05, 0.1) is 12.2 Å². The zero-order chi connectivity index (χ0) is 14.9. The van der Waals surface area contributed by atoms with Crippen LogP contribution < -0.4 is 4.74 Å². The molecule has 0 radical (unpaired) electrons. The van der Waals surface area contributed by atoms with Gasteiger partial charge in [0.25, 0.3) is 0 Å². The van der Waals surface area contributed by atoms with E-state index in [0.717, 1.165) is 5.69 Å². The van der Waals surface area contributed by atoms with Crippen LogP contribution in [0.1, 0.15) is 28.7 Å². The highest BCUT2D eigenvalue weighted by atomic mass is 19.1. The number of aromatic carboxylic acids is 1. The average Bonchev–Trinajstić information content (AvgIpc) is 2.68. The molecule has 0 aliphatic rings. The molecule has 106 valence electrons. The number of carboxylic acids is 1. The predicted octanol–water partition coefficient (Wildman–Crippen LogP) is 3.33. The van der Waals surface area contributed by atoms with E-state index >= 15 is 0 Å². The van der Waals surface area contributed by atoms with Crippen LogP contribution in [0.4, 0.5) is 4.39 Å². The second-order valence-electron chi connectivity index (χ2n) is 4.47. The molecule has 1 aromatic carbocycles. The van der Waals surface area contributed by atoms with Gasteiger partial charge in [-0.2, -0.15) is 0 Å². The van der Waals surface area contributed by atoms with E-state index in [0.29, 0.717) is 18.0 Å². The summed E-state index contributed by atoms with van der Waals surface area (Å²) in [6, 6.07) is 6.18. The van der Waals surface area contributed by atoms with E-state index in [9.17, 15) is 9.18 Å². The summed E-state index contributed by atoms with van der Waals surface area (Å²) in [5.41, 5.74) is 2.10. The highest BCUT2D eigenvalue weighted by molar-refractivity contribution is 5.89. The molecular weight excluding hydrogens is 261 g/mol. The lowest BCUT2D eigenvalue weighted by Crippen LogP contribution is -2.03. The third-order valence-electron chi connectivity index (χ3n) is 3.14. The van der Waals surface area contributed by atoms with E-state index in [4.69, 9.17) is 9.84 Å². The lowest BCUT2D eigenvalue weighted by molar-refractivity contribution is 0.0696. The van der Waals surface area contributed by atoms with E-state index in [1.165, 1.54) is 6.07 Å². The summed E-state index contributed by atoms with van der Waals surface area (Å²) in [6.45, 7) is 5.66. The Morgan fingerprint density at radius 1 is 1.35 bits per heavy atom. The molecule has 5 heteroatoms. The number of rotatable bonds is 4. The van der Waals surface area contributed by atoms with Gasteiger partial charge in [0.15, 0.2) is 11.6 Å². The van der Waals surface area contributed by atoms with Crippen LogP contribution in [-0.2, 0) is 0 Å². The smallest absolute Gasteiger partial charge is 0.337 e. The fourth-order valence-electron chi connectivity index (χ4n) is 2.28. The average molecular weight is 277 g/mol. The highest BCUT2D eigenvalue weighted by Crippen LogP contribution is 2.25. The Bertz CT molecular complexity index is 661. The molecule has 2 rings (SSSR count). The molecule has 0 bridgehead atoms. The van der Waals surface area contributed by atoms with Crippen LogP contribution in [-0.4, -0.2) is 22.2 Å². The van der Waals surface area contributed by atoms with Gasteiger partial charge in [-0.05, 0) is 39.0 Å². The van der Waals surface area contributed by atoms with Crippen molar-refractivity contribution in [3.05, 3.63) is 47.0 Å². The quantitative estimate of drug-likeness (QED) is 0.932. The minimum absolute atomic E-state index is 0.192. The van der Waals surface area contributed by atoms with Crippen LogP contribution in [0.5, 0.6) is 5.75 Å². The molecule has 1 heterocycles. The number of nitrogens with zero attached hydrogens (tertiary/aromatic N) is 1. The molecule has 1 N–H and O–H groups in total. The van der Waals surface area contributed by atoms with Gasteiger partial charge in [0.2, 0.25) is 0 Å². The molecule has 0 amide bonds. The molecule has 2 aromatic rings. The van der Waals surface area contributed by atoms with E-state index in [-0.39, 0.29) is 11.3 Å². The summed E-state index contributed by atoms with van der Waals surface area (Å²) < 4.78 is 20.8. The zero-order valence-corrected chi connectivity index (χ0v) is 11.6. The summed E-state index contributed by atoms with van der Waals surface area (Å²) in [7, 11) is 0. The third kappa shape index (κ3) is 2.39. The van der Waals surface area contributed by atoms with Gasteiger partial charge in [-0.25, -0.2) is 9.18 Å². The fourth-order valence-corrected chi connectivity index (χ4v) is 2.28. The Kier molecular flexibility index (Phi) is 3.79. The van der Waals surface area contributed by atoms with Crippen molar-refractivity contribution in [1.82, 2.24) is 4.57 Å². The maximum absolute atomic E-state index is 13.9. The van der Waals surface area contributed by atoms with Crippen molar-refractivity contribution in [3.63, 3.8) is 0 Å². The van der Waals surface area contributed by atoms with Gasteiger partial charge in [-0.3, -0.25) is 0 Å². The molecule has 0 atom stereocenters. The molecule has 4 nitrogen and oxygen atoms in total. The molecule has 0 saturated carbocycles. The largest absolute Gasteiger partial charge is 0.491 e. The van der Waals surface area contributed by atoms with Crippen LogP contribution in [0.15, 0.2) is 24.3 Å². The second kappa shape index (κ2) is 5.36. The predicted molar refractivity (Wildman–Crippen MR) is 73.3 cm³/mol. The van der Waals surface area contributed by atoms with Gasteiger partial charge in [-0.1, -0.05) is 0 Å². The van der Waals surface area contributed by atoms with Crippen molar-refractivity contribution in [2.75, 3.05) is 6.61 Å². The van der Waals surface area contributed by atoms with Crippen LogP contribution in [0.2, 0.25) is 0 Å². The van der Waals surface area contributed by atoms with Crippen molar-refractivity contribution >= 4 is 5.97 Å². The highest BCUT2D eigenvalue weighted by Gasteiger charge is 2.16. The van der Waals surface area contributed by atoms with Crippen molar-refractivity contribution in [3.8, 4) is 11.4 Å². The molecule has 0 spiro atoms. The molecule has 0 saturated heterocycles. The Morgan fingerprint density at radius 2 is 2.05 bits per heavy atom. The van der Waals surface area contributed by atoms with E-state index in [2.05, 4.69) is 0 Å². The number of hydrogen-bond acceptors (Lipinski definition) is 2. The summed E-state index contributed by atoms with van der Waals surface area (Å²) in [5, 5.41) is 9.11. The first-order valence-corrected chi connectivity index (χ1v) is 6.30. The van der Waals surface area contributed by atoms with Crippen LogP contribution in [0.3, 0.4) is 0 Å². The van der Waals surface area contributed by atoms with Gasteiger partial charge in [-0.15, -0.1) is 0 Å². The summed E-state index contributed by atoms with van der Waals surface area (Å²) >= 11 is 0. The number of aromatic nitrogens is 1. The Morgan fingerprint density at radius 3 is 2.55 bits per heavy atom. The first-order chi connectivity index (χ1) is 9.45. The number of carbonyl (C=O) groups is 1. The van der Waals surface area contributed by atoms with Gasteiger partial charge in [0, 0.05) is 23.1 Å². The van der Waals surface area contributed by atoms with Crippen LogP contribution >= 0.6 is 0 Å². The molecule has 1 aromatic heterocycles. The molecular formula is C15H16FNO3. The van der Waals surface area contributed by atoms with Gasteiger partial charge in [0.1, 0.15) is 0 Å². The van der Waals surface area contributed by atoms with Crippen LogP contribution in [0, 0.1) is 19.7 Å². The standard InChI is InChI=1S/C15H16FNO3/c1-4-20-14-6-5-11(8-13(14)16)17-9(2)7-12(10(17)3)15(18)19/h5-8H,4H2,1-3H3,(H,18,19). The normalized spacial score (nSPS) is 10.6. The van der Waals surface area contributed by atoms with Crippen LogP contribution in [0.25, 0.3) is 5.69 Å². The molecule has 20 heavy (non-hydrogen) atoms. The summed E-state index contributed by atoms with van der Waals surface area (Å²) in [5.74, 6) is -1.26. The maximum Gasteiger partial charge on any atom is 0.337 e. The van der Waals surface area contributed by atoms with E-state index in [1.54, 1.807) is 43.5 Å².